The lowest BCUT2D eigenvalue weighted by molar-refractivity contribution is -0.138. The van der Waals surface area contributed by atoms with E-state index in [0.29, 0.717) is 44.6 Å². The third kappa shape index (κ3) is 5.95. The summed E-state index contributed by atoms with van der Waals surface area (Å²) < 4.78 is 13.5. The van der Waals surface area contributed by atoms with Gasteiger partial charge in [0.1, 0.15) is 5.82 Å². The highest BCUT2D eigenvalue weighted by Gasteiger charge is 2.28. The molecule has 5 nitrogen and oxygen atoms in total. The molecule has 146 valence electrons. The minimum Gasteiger partial charge on any atom is -0.352 e. The molecule has 1 aromatic rings. The van der Waals surface area contributed by atoms with Crippen LogP contribution >= 0.6 is 12.4 Å². The first-order valence-corrected chi connectivity index (χ1v) is 8.88. The number of amides is 2. The van der Waals surface area contributed by atoms with Gasteiger partial charge in [-0.25, -0.2) is 4.39 Å². The van der Waals surface area contributed by atoms with Gasteiger partial charge < -0.3 is 15.5 Å². The molecule has 1 atom stereocenters. The molecule has 1 aliphatic rings. The zero-order valence-electron chi connectivity index (χ0n) is 15.7. The predicted octanol–water partition coefficient (Wildman–Crippen LogP) is 2.27. The minimum atomic E-state index is -0.255. The average molecular weight is 386 g/mol. The second-order valence-electron chi connectivity index (χ2n) is 6.86. The monoisotopic (exact) mass is 385 g/mol. The number of rotatable bonds is 6. The van der Waals surface area contributed by atoms with E-state index in [0.717, 1.165) is 5.56 Å². The van der Waals surface area contributed by atoms with Gasteiger partial charge in [0.05, 0.1) is 0 Å². The molecule has 0 aliphatic carbocycles. The van der Waals surface area contributed by atoms with E-state index in [-0.39, 0.29) is 41.9 Å². The second kappa shape index (κ2) is 10.5. The second-order valence-corrected chi connectivity index (χ2v) is 6.86. The molecule has 0 radical (unpaired) electrons. The van der Waals surface area contributed by atoms with Crippen LogP contribution < -0.4 is 10.6 Å². The highest BCUT2D eigenvalue weighted by molar-refractivity contribution is 5.85. The Hall–Kier alpha value is -1.66. The van der Waals surface area contributed by atoms with Crippen LogP contribution in [0, 0.1) is 24.6 Å². The van der Waals surface area contributed by atoms with Gasteiger partial charge in [-0.2, -0.15) is 0 Å². The van der Waals surface area contributed by atoms with Gasteiger partial charge in [0.2, 0.25) is 11.8 Å². The summed E-state index contributed by atoms with van der Waals surface area (Å²) in [5, 5.41) is 5.90. The van der Waals surface area contributed by atoms with Gasteiger partial charge in [0, 0.05) is 38.0 Å². The first-order chi connectivity index (χ1) is 11.9. The Labute approximate surface area is 161 Å². The standard InChI is InChI=1S/C19H28FN3O2.ClH/c1-13-4-5-15(10-17(13)20)12-22-18(24)16-6-8-23(9-7-16)19(25)14(2)11-21-3;/h4-5,10,14,16,21H,6-9,11-12H2,1-3H3,(H,22,24);1H. The molecule has 7 heteroatoms. The van der Waals surface area contributed by atoms with Gasteiger partial charge in [-0.1, -0.05) is 19.1 Å². The fourth-order valence-corrected chi connectivity index (χ4v) is 3.15. The van der Waals surface area contributed by atoms with Gasteiger partial charge in [0.15, 0.2) is 0 Å². The van der Waals surface area contributed by atoms with Crippen LogP contribution in [0.4, 0.5) is 4.39 Å². The summed E-state index contributed by atoms with van der Waals surface area (Å²) in [6, 6.07) is 5.00. The normalized spacial score (nSPS) is 15.9. The van der Waals surface area contributed by atoms with Crippen molar-refractivity contribution in [2.45, 2.75) is 33.2 Å². The lowest BCUT2D eigenvalue weighted by Gasteiger charge is -2.33. The van der Waals surface area contributed by atoms with Crippen LogP contribution in [0.25, 0.3) is 0 Å². The van der Waals surface area contributed by atoms with E-state index < -0.39 is 0 Å². The number of aryl methyl sites for hydroxylation is 1. The lowest BCUT2D eigenvalue weighted by atomic mass is 9.95. The van der Waals surface area contributed by atoms with Gasteiger partial charge in [0.25, 0.3) is 0 Å². The number of hydrogen-bond donors (Lipinski definition) is 2. The zero-order chi connectivity index (χ0) is 18.4. The highest BCUT2D eigenvalue weighted by atomic mass is 35.5. The van der Waals surface area contributed by atoms with Crippen molar-refractivity contribution in [2.24, 2.45) is 11.8 Å². The van der Waals surface area contributed by atoms with Crippen LogP contribution in [-0.2, 0) is 16.1 Å². The van der Waals surface area contributed by atoms with Crippen LogP contribution in [-0.4, -0.2) is 43.4 Å². The van der Waals surface area contributed by atoms with E-state index in [4.69, 9.17) is 0 Å². The summed E-state index contributed by atoms with van der Waals surface area (Å²) in [5.41, 5.74) is 1.35. The molecule has 2 N–H and O–H groups in total. The Kier molecular flexibility index (Phi) is 9.02. The fourth-order valence-electron chi connectivity index (χ4n) is 3.15. The van der Waals surface area contributed by atoms with Crippen LogP contribution in [0.2, 0.25) is 0 Å². The molecule has 1 unspecified atom stereocenters. The summed E-state index contributed by atoms with van der Waals surface area (Å²) in [5.74, 6) is -0.264. The maximum Gasteiger partial charge on any atom is 0.226 e. The first-order valence-electron chi connectivity index (χ1n) is 8.88. The topological polar surface area (TPSA) is 61.4 Å². The van der Waals surface area contributed by atoms with Crippen molar-refractivity contribution in [3.05, 3.63) is 35.1 Å². The molecule has 1 aliphatic heterocycles. The number of nitrogens with zero attached hydrogens (tertiary/aromatic N) is 1. The van der Waals surface area contributed by atoms with Crippen LogP contribution in [0.15, 0.2) is 18.2 Å². The maximum absolute atomic E-state index is 13.5. The van der Waals surface area contributed by atoms with Gasteiger partial charge in [-0.05, 0) is 44.0 Å². The number of nitrogens with one attached hydrogen (secondary N) is 2. The van der Waals surface area contributed by atoms with E-state index >= 15 is 0 Å². The van der Waals surface area contributed by atoms with Crippen molar-refractivity contribution in [2.75, 3.05) is 26.7 Å². The third-order valence-electron chi connectivity index (χ3n) is 4.81. The number of carbonyl (C=O) groups is 2. The van der Waals surface area contributed by atoms with E-state index in [1.807, 2.05) is 24.9 Å². The predicted molar refractivity (Wildman–Crippen MR) is 103 cm³/mol. The molecule has 0 spiro atoms. The molecule has 2 amide bonds. The van der Waals surface area contributed by atoms with E-state index in [9.17, 15) is 14.0 Å². The largest absolute Gasteiger partial charge is 0.352 e. The zero-order valence-corrected chi connectivity index (χ0v) is 16.5. The molecule has 2 rings (SSSR count). The van der Waals surface area contributed by atoms with Crippen molar-refractivity contribution >= 4 is 24.2 Å². The Morgan fingerprint density at radius 2 is 1.96 bits per heavy atom. The Morgan fingerprint density at radius 3 is 2.54 bits per heavy atom. The SMILES string of the molecule is CNCC(C)C(=O)N1CCC(C(=O)NCc2ccc(C)c(F)c2)CC1.Cl. The molecule has 26 heavy (non-hydrogen) atoms. The summed E-state index contributed by atoms with van der Waals surface area (Å²) in [4.78, 5) is 26.5. The van der Waals surface area contributed by atoms with Crippen molar-refractivity contribution < 1.29 is 14.0 Å². The molecule has 0 bridgehead atoms. The van der Waals surface area contributed by atoms with Crippen molar-refractivity contribution in [1.29, 1.82) is 0 Å². The minimum absolute atomic E-state index is 0. The lowest BCUT2D eigenvalue weighted by Crippen LogP contribution is -2.45. The average Bonchev–Trinajstić information content (AvgIpc) is 2.62. The van der Waals surface area contributed by atoms with Gasteiger partial charge in [-0.3, -0.25) is 9.59 Å². The number of benzene rings is 1. The molecule has 1 saturated heterocycles. The molecule has 0 aromatic heterocycles. The van der Waals surface area contributed by atoms with Crippen molar-refractivity contribution in [3.8, 4) is 0 Å². The summed E-state index contributed by atoms with van der Waals surface area (Å²) in [7, 11) is 1.83. The summed E-state index contributed by atoms with van der Waals surface area (Å²) in [6.45, 7) is 5.84. The quantitative estimate of drug-likeness (QED) is 0.789. The summed E-state index contributed by atoms with van der Waals surface area (Å²) in [6.07, 6.45) is 1.35. The molecule has 1 aromatic carbocycles. The smallest absolute Gasteiger partial charge is 0.226 e. The Bertz CT molecular complexity index is 619. The molecule has 1 heterocycles. The molecule has 0 saturated carbocycles. The third-order valence-corrected chi connectivity index (χ3v) is 4.81. The number of carbonyl (C=O) groups excluding carboxylic acids is 2. The molecular formula is C19H29ClFN3O2. The van der Waals surface area contributed by atoms with Crippen LogP contribution in [0.1, 0.15) is 30.9 Å². The van der Waals surface area contributed by atoms with E-state index in [2.05, 4.69) is 10.6 Å². The fraction of sp³-hybridized carbons (Fsp3) is 0.579. The molecule has 1 fully saturated rings. The van der Waals surface area contributed by atoms with E-state index in [1.165, 1.54) is 6.07 Å². The summed E-state index contributed by atoms with van der Waals surface area (Å²) >= 11 is 0. The molecular weight excluding hydrogens is 357 g/mol. The number of halogens is 2. The number of hydrogen-bond acceptors (Lipinski definition) is 3. The highest BCUT2D eigenvalue weighted by Crippen LogP contribution is 2.19. The Balaban J connectivity index is 0.00000338. The van der Waals surface area contributed by atoms with Crippen molar-refractivity contribution in [1.82, 2.24) is 15.5 Å². The van der Waals surface area contributed by atoms with Gasteiger partial charge >= 0.3 is 0 Å². The Morgan fingerprint density at radius 1 is 1.31 bits per heavy atom. The van der Waals surface area contributed by atoms with Gasteiger partial charge in [-0.15, -0.1) is 12.4 Å². The first kappa shape index (κ1) is 22.4. The number of piperidine rings is 1. The van der Waals surface area contributed by atoms with E-state index in [1.54, 1.807) is 13.0 Å². The maximum atomic E-state index is 13.5. The van der Waals surface area contributed by atoms with Crippen LogP contribution in [0.5, 0.6) is 0 Å². The van der Waals surface area contributed by atoms with Crippen molar-refractivity contribution in [3.63, 3.8) is 0 Å². The van der Waals surface area contributed by atoms with Crippen LogP contribution in [0.3, 0.4) is 0 Å². The number of likely N-dealkylation sites (tertiary alicyclic amines) is 1.